The van der Waals surface area contributed by atoms with Crippen LogP contribution in [-0.2, 0) is 0 Å². The number of hydrogen-bond donors (Lipinski definition) is 0. The molecule has 15 heavy (non-hydrogen) atoms. The van der Waals surface area contributed by atoms with Crippen molar-refractivity contribution in [3.05, 3.63) is 28.3 Å². The summed E-state index contributed by atoms with van der Waals surface area (Å²) in [6, 6.07) is 4.02. The van der Waals surface area contributed by atoms with E-state index >= 15 is 0 Å². The first-order chi connectivity index (χ1) is 7.06. The molecule has 0 bridgehead atoms. The molecular weight excluding hydrogens is 275 g/mol. The molecule has 0 spiro atoms. The highest BCUT2D eigenvalue weighted by molar-refractivity contribution is 9.09. The van der Waals surface area contributed by atoms with Crippen LogP contribution in [0.3, 0.4) is 0 Å². The average molecular weight is 290 g/mol. The van der Waals surface area contributed by atoms with Gasteiger partial charge in [-0.1, -0.05) is 27.5 Å². The van der Waals surface area contributed by atoms with Crippen molar-refractivity contribution in [2.45, 2.75) is 32.3 Å². The van der Waals surface area contributed by atoms with Crippen molar-refractivity contribution in [2.75, 3.05) is 5.33 Å². The summed E-state index contributed by atoms with van der Waals surface area (Å²) in [5.74, 6) is 0.936. The third-order valence-electron chi connectivity index (χ3n) is 2.80. The van der Waals surface area contributed by atoms with Gasteiger partial charge in [-0.2, -0.15) is 0 Å². The van der Waals surface area contributed by atoms with E-state index in [1.165, 1.54) is 0 Å². The Morgan fingerprint density at radius 1 is 1.33 bits per heavy atom. The first kappa shape index (κ1) is 11.3. The molecule has 1 aliphatic carbocycles. The molecule has 1 aromatic rings. The summed E-state index contributed by atoms with van der Waals surface area (Å²) in [6.45, 7) is 4.02. The summed E-state index contributed by atoms with van der Waals surface area (Å²) in [5.41, 5.74) is 2.21. The molecule has 1 saturated carbocycles. The fourth-order valence-electron chi connectivity index (χ4n) is 1.62. The standard InChI is InChI=1S/C12H14BrClO/c1-8-5-10(6-9(2)11(8)14)15-12(7-13)3-4-12/h5-6H,3-4,7H2,1-2H3. The zero-order chi connectivity index (χ0) is 11.1. The van der Waals surface area contributed by atoms with Crippen molar-refractivity contribution >= 4 is 27.5 Å². The Balaban J connectivity index is 2.23. The number of aryl methyl sites for hydroxylation is 2. The van der Waals surface area contributed by atoms with Gasteiger partial charge in [-0.3, -0.25) is 0 Å². The molecule has 1 aromatic carbocycles. The van der Waals surface area contributed by atoms with E-state index in [-0.39, 0.29) is 5.60 Å². The second kappa shape index (κ2) is 3.99. The molecule has 0 aliphatic heterocycles. The van der Waals surface area contributed by atoms with Crippen LogP contribution in [0, 0.1) is 13.8 Å². The highest BCUT2D eigenvalue weighted by Gasteiger charge is 2.44. The molecule has 0 atom stereocenters. The normalized spacial score (nSPS) is 17.6. The van der Waals surface area contributed by atoms with Gasteiger partial charge in [0.2, 0.25) is 0 Å². The molecular formula is C12H14BrClO. The molecule has 0 radical (unpaired) electrons. The lowest BCUT2D eigenvalue weighted by atomic mass is 10.1. The largest absolute Gasteiger partial charge is 0.486 e. The summed E-state index contributed by atoms with van der Waals surface area (Å²) < 4.78 is 5.97. The van der Waals surface area contributed by atoms with Crippen LogP contribution in [0.1, 0.15) is 24.0 Å². The first-order valence-corrected chi connectivity index (χ1v) is 6.58. The van der Waals surface area contributed by atoms with Gasteiger partial charge in [-0.15, -0.1) is 0 Å². The van der Waals surface area contributed by atoms with Gasteiger partial charge in [0, 0.05) is 10.4 Å². The number of hydrogen-bond acceptors (Lipinski definition) is 1. The Hall–Kier alpha value is -0.210. The quantitative estimate of drug-likeness (QED) is 0.755. The van der Waals surface area contributed by atoms with Gasteiger partial charge in [0.1, 0.15) is 11.4 Å². The molecule has 0 aromatic heterocycles. The molecule has 0 N–H and O–H groups in total. The molecule has 82 valence electrons. The minimum absolute atomic E-state index is 0.0483. The number of halogens is 2. The smallest absolute Gasteiger partial charge is 0.120 e. The van der Waals surface area contributed by atoms with E-state index in [4.69, 9.17) is 16.3 Å². The summed E-state index contributed by atoms with van der Waals surface area (Å²) in [6.07, 6.45) is 2.28. The maximum atomic E-state index is 6.11. The van der Waals surface area contributed by atoms with E-state index in [0.29, 0.717) is 0 Å². The summed E-state index contributed by atoms with van der Waals surface area (Å²) in [7, 11) is 0. The van der Waals surface area contributed by atoms with Gasteiger partial charge in [0.05, 0.1) is 0 Å². The first-order valence-electron chi connectivity index (χ1n) is 5.08. The molecule has 0 heterocycles. The summed E-state index contributed by atoms with van der Waals surface area (Å²) in [5, 5.41) is 1.74. The molecule has 0 unspecified atom stereocenters. The second-order valence-electron chi connectivity index (χ2n) is 4.29. The Morgan fingerprint density at radius 3 is 2.27 bits per heavy atom. The van der Waals surface area contributed by atoms with Crippen LogP contribution >= 0.6 is 27.5 Å². The van der Waals surface area contributed by atoms with E-state index < -0.39 is 0 Å². The fraction of sp³-hybridized carbons (Fsp3) is 0.500. The van der Waals surface area contributed by atoms with Crippen LogP contribution < -0.4 is 4.74 Å². The number of benzene rings is 1. The van der Waals surface area contributed by atoms with E-state index in [0.717, 1.165) is 40.1 Å². The minimum atomic E-state index is 0.0483. The number of rotatable bonds is 3. The van der Waals surface area contributed by atoms with Gasteiger partial charge in [0.25, 0.3) is 0 Å². The minimum Gasteiger partial charge on any atom is -0.486 e. The van der Waals surface area contributed by atoms with Gasteiger partial charge < -0.3 is 4.74 Å². The van der Waals surface area contributed by atoms with E-state index in [1.54, 1.807) is 0 Å². The average Bonchev–Trinajstić information content (AvgIpc) is 2.95. The highest BCUT2D eigenvalue weighted by atomic mass is 79.9. The lowest BCUT2D eigenvalue weighted by Gasteiger charge is -2.16. The second-order valence-corrected chi connectivity index (χ2v) is 5.23. The van der Waals surface area contributed by atoms with Crippen molar-refractivity contribution in [2.24, 2.45) is 0 Å². The van der Waals surface area contributed by atoms with E-state index in [2.05, 4.69) is 15.9 Å². The molecule has 3 heteroatoms. The molecule has 0 saturated heterocycles. The summed E-state index contributed by atoms with van der Waals surface area (Å²) in [4.78, 5) is 0. The fourth-order valence-corrected chi connectivity index (χ4v) is 2.40. The zero-order valence-corrected chi connectivity index (χ0v) is 11.3. The third kappa shape index (κ3) is 2.31. The Kier molecular flexibility index (Phi) is 3.00. The third-order valence-corrected chi connectivity index (χ3v) is 4.41. The lowest BCUT2D eigenvalue weighted by molar-refractivity contribution is 0.206. The van der Waals surface area contributed by atoms with E-state index in [9.17, 15) is 0 Å². The lowest BCUT2D eigenvalue weighted by Crippen LogP contribution is -2.19. The van der Waals surface area contributed by atoms with Crippen molar-refractivity contribution < 1.29 is 4.74 Å². The van der Waals surface area contributed by atoms with E-state index in [1.807, 2.05) is 26.0 Å². The Labute approximate surface area is 104 Å². The van der Waals surface area contributed by atoms with Crippen molar-refractivity contribution in [1.82, 2.24) is 0 Å². The molecule has 1 nitrogen and oxygen atoms in total. The zero-order valence-electron chi connectivity index (χ0n) is 8.94. The Bertz CT molecular complexity index is 362. The molecule has 1 aliphatic rings. The Morgan fingerprint density at radius 2 is 1.87 bits per heavy atom. The molecule has 1 fully saturated rings. The maximum Gasteiger partial charge on any atom is 0.120 e. The topological polar surface area (TPSA) is 9.23 Å². The van der Waals surface area contributed by atoms with Crippen molar-refractivity contribution in [3.8, 4) is 5.75 Å². The number of ether oxygens (including phenoxy) is 1. The van der Waals surface area contributed by atoms with Crippen LogP contribution in [0.4, 0.5) is 0 Å². The van der Waals surface area contributed by atoms with Crippen molar-refractivity contribution in [3.63, 3.8) is 0 Å². The van der Waals surface area contributed by atoms with Gasteiger partial charge in [0.15, 0.2) is 0 Å². The van der Waals surface area contributed by atoms with Crippen LogP contribution in [0.2, 0.25) is 5.02 Å². The summed E-state index contributed by atoms with van der Waals surface area (Å²) >= 11 is 9.60. The van der Waals surface area contributed by atoms with Gasteiger partial charge >= 0.3 is 0 Å². The van der Waals surface area contributed by atoms with Crippen LogP contribution in [0.15, 0.2) is 12.1 Å². The van der Waals surface area contributed by atoms with Gasteiger partial charge in [-0.05, 0) is 49.9 Å². The number of alkyl halides is 1. The molecule has 2 rings (SSSR count). The van der Waals surface area contributed by atoms with Crippen molar-refractivity contribution in [1.29, 1.82) is 0 Å². The maximum absolute atomic E-state index is 6.11. The molecule has 0 amide bonds. The van der Waals surface area contributed by atoms with Crippen LogP contribution in [0.25, 0.3) is 0 Å². The monoisotopic (exact) mass is 288 g/mol. The predicted molar refractivity (Wildman–Crippen MR) is 67.3 cm³/mol. The SMILES string of the molecule is Cc1cc(OC2(CBr)CC2)cc(C)c1Cl. The van der Waals surface area contributed by atoms with Crippen LogP contribution in [-0.4, -0.2) is 10.9 Å². The predicted octanol–water partition coefficient (Wildman–Crippen LogP) is 4.26. The van der Waals surface area contributed by atoms with Gasteiger partial charge in [-0.25, -0.2) is 0 Å². The highest BCUT2D eigenvalue weighted by Crippen LogP contribution is 2.42. The van der Waals surface area contributed by atoms with Crippen LogP contribution in [0.5, 0.6) is 5.75 Å².